The van der Waals surface area contributed by atoms with Crippen LogP contribution in [-0.2, 0) is 0 Å². The number of rotatable bonds is 4. The Balaban J connectivity index is 2.70. The van der Waals surface area contributed by atoms with E-state index < -0.39 is 0 Å². The number of nitrogens with two attached hydrogens (primary N) is 1. The number of nitrogens with one attached hydrogen (secondary N) is 2. The molecule has 0 aromatic carbocycles. The van der Waals surface area contributed by atoms with Crippen LogP contribution in [0.2, 0.25) is 0 Å². The maximum atomic E-state index is 11.6. The van der Waals surface area contributed by atoms with E-state index in [2.05, 4.69) is 10.3 Å². The third kappa shape index (κ3) is 3.20. The van der Waals surface area contributed by atoms with Crippen molar-refractivity contribution in [3.8, 4) is 0 Å². The van der Waals surface area contributed by atoms with Gasteiger partial charge in [0.05, 0.1) is 0 Å². The molecule has 1 aromatic heterocycles. The zero-order chi connectivity index (χ0) is 12.1. The second-order valence-corrected chi connectivity index (χ2v) is 3.77. The molecule has 5 heteroatoms. The second-order valence-electron chi connectivity index (χ2n) is 3.77. The molecule has 5 nitrogen and oxygen atoms in total. The standard InChI is InChI=1S/C11H17N3O2/c1-3-8(12)5-14-11(16)9-6-13-7(2)4-10(9)15/h4,6,8H,3,5,12H2,1-2H3,(H,13,15)(H,14,16). The van der Waals surface area contributed by atoms with Crippen molar-refractivity contribution < 1.29 is 4.79 Å². The van der Waals surface area contributed by atoms with Crippen LogP contribution in [-0.4, -0.2) is 23.5 Å². The summed E-state index contributed by atoms with van der Waals surface area (Å²) in [5, 5.41) is 2.63. The molecule has 1 aromatic rings. The van der Waals surface area contributed by atoms with Crippen molar-refractivity contribution in [1.29, 1.82) is 0 Å². The van der Waals surface area contributed by atoms with Gasteiger partial charge in [-0.3, -0.25) is 9.59 Å². The maximum Gasteiger partial charge on any atom is 0.256 e. The van der Waals surface area contributed by atoms with Crippen LogP contribution < -0.4 is 16.5 Å². The number of pyridine rings is 1. The predicted octanol–water partition coefficient (Wildman–Crippen LogP) is 0.150. The third-order valence-electron chi connectivity index (χ3n) is 2.35. The highest BCUT2D eigenvalue weighted by atomic mass is 16.2. The lowest BCUT2D eigenvalue weighted by atomic mass is 10.2. The number of aromatic amines is 1. The van der Waals surface area contributed by atoms with Crippen LogP contribution in [0.25, 0.3) is 0 Å². The summed E-state index contributed by atoms with van der Waals surface area (Å²) in [6, 6.07) is 1.32. The summed E-state index contributed by atoms with van der Waals surface area (Å²) in [6.07, 6.45) is 2.20. The molecule has 1 heterocycles. The van der Waals surface area contributed by atoms with Crippen LogP contribution in [0, 0.1) is 6.92 Å². The van der Waals surface area contributed by atoms with Crippen LogP contribution >= 0.6 is 0 Å². The van der Waals surface area contributed by atoms with Crippen molar-refractivity contribution in [2.45, 2.75) is 26.3 Å². The van der Waals surface area contributed by atoms with Crippen molar-refractivity contribution in [2.24, 2.45) is 5.73 Å². The highest BCUT2D eigenvalue weighted by molar-refractivity contribution is 5.93. The molecule has 0 aliphatic rings. The van der Waals surface area contributed by atoms with E-state index in [4.69, 9.17) is 5.73 Å². The molecule has 1 atom stereocenters. The number of carbonyl (C=O) groups is 1. The van der Waals surface area contributed by atoms with E-state index in [1.165, 1.54) is 12.3 Å². The van der Waals surface area contributed by atoms with Crippen molar-refractivity contribution in [3.63, 3.8) is 0 Å². The number of hydrogen-bond donors (Lipinski definition) is 3. The molecule has 88 valence electrons. The molecule has 16 heavy (non-hydrogen) atoms. The summed E-state index contributed by atoms with van der Waals surface area (Å²) >= 11 is 0. The number of aromatic nitrogens is 1. The Labute approximate surface area is 94.1 Å². The summed E-state index contributed by atoms with van der Waals surface area (Å²) in [5.41, 5.74) is 6.23. The average Bonchev–Trinajstić information content (AvgIpc) is 2.25. The molecular weight excluding hydrogens is 206 g/mol. The Kier molecular flexibility index (Phi) is 4.25. The van der Waals surface area contributed by atoms with Gasteiger partial charge in [0.25, 0.3) is 5.91 Å². The minimum atomic E-state index is -0.384. The highest BCUT2D eigenvalue weighted by Crippen LogP contribution is 1.92. The number of hydrogen-bond acceptors (Lipinski definition) is 3. The summed E-state index contributed by atoms with van der Waals surface area (Å²) in [7, 11) is 0. The van der Waals surface area contributed by atoms with E-state index in [9.17, 15) is 9.59 Å². The topological polar surface area (TPSA) is 88.0 Å². The van der Waals surface area contributed by atoms with E-state index in [1.54, 1.807) is 6.92 Å². The van der Waals surface area contributed by atoms with Gasteiger partial charge in [0.15, 0.2) is 5.43 Å². The molecule has 0 fully saturated rings. The smallest absolute Gasteiger partial charge is 0.256 e. The van der Waals surface area contributed by atoms with Gasteiger partial charge in [-0.15, -0.1) is 0 Å². The van der Waals surface area contributed by atoms with Crippen molar-refractivity contribution in [1.82, 2.24) is 10.3 Å². The number of aryl methyl sites for hydroxylation is 1. The normalized spacial score (nSPS) is 12.2. The largest absolute Gasteiger partial charge is 0.364 e. The minimum Gasteiger partial charge on any atom is -0.364 e. The first-order valence-corrected chi connectivity index (χ1v) is 5.27. The molecule has 1 amide bonds. The highest BCUT2D eigenvalue weighted by Gasteiger charge is 2.10. The monoisotopic (exact) mass is 223 g/mol. The van der Waals surface area contributed by atoms with Gasteiger partial charge in [0, 0.05) is 30.5 Å². The number of H-pyrrole nitrogens is 1. The van der Waals surface area contributed by atoms with Gasteiger partial charge in [-0.1, -0.05) is 6.92 Å². The summed E-state index contributed by atoms with van der Waals surface area (Å²) in [4.78, 5) is 25.9. The molecule has 0 aliphatic heterocycles. The van der Waals surface area contributed by atoms with Crippen LogP contribution in [0.4, 0.5) is 0 Å². The van der Waals surface area contributed by atoms with Gasteiger partial charge >= 0.3 is 0 Å². The van der Waals surface area contributed by atoms with Crippen LogP contribution in [0.1, 0.15) is 29.4 Å². The van der Waals surface area contributed by atoms with Crippen LogP contribution in [0.15, 0.2) is 17.1 Å². The second kappa shape index (κ2) is 5.46. The van der Waals surface area contributed by atoms with Crippen LogP contribution in [0.5, 0.6) is 0 Å². The zero-order valence-electron chi connectivity index (χ0n) is 9.54. The van der Waals surface area contributed by atoms with E-state index in [-0.39, 0.29) is 22.9 Å². The Hall–Kier alpha value is -1.62. The Morgan fingerprint density at radius 1 is 1.62 bits per heavy atom. The molecule has 1 unspecified atom stereocenters. The van der Waals surface area contributed by atoms with Gasteiger partial charge in [-0.2, -0.15) is 0 Å². The lowest BCUT2D eigenvalue weighted by Crippen LogP contribution is -2.38. The van der Waals surface area contributed by atoms with Crippen molar-refractivity contribution in [3.05, 3.63) is 33.7 Å². The first kappa shape index (κ1) is 12.4. The lowest BCUT2D eigenvalue weighted by Gasteiger charge is -2.09. The molecule has 0 saturated carbocycles. The first-order chi connectivity index (χ1) is 7.54. The Bertz CT molecular complexity index is 425. The minimum absolute atomic E-state index is 0.0755. The number of amides is 1. The predicted molar refractivity (Wildman–Crippen MR) is 62.4 cm³/mol. The molecule has 1 rings (SSSR count). The maximum absolute atomic E-state index is 11.6. The molecule has 0 bridgehead atoms. The fraction of sp³-hybridized carbons (Fsp3) is 0.455. The Morgan fingerprint density at radius 3 is 2.88 bits per heavy atom. The molecule has 0 aliphatic carbocycles. The van der Waals surface area contributed by atoms with Gasteiger partial charge in [0.2, 0.25) is 0 Å². The molecule has 0 radical (unpaired) electrons. The zero-order valence-corrected chi connectivity index (χ0v) is 9.54. The lowest BCUT2D eigenvalue weighted by molar-refractivity contribution is 0.0949. The van der Waals surface area contributed by atoms with Crippen molar-refractivity contribution in [2.75, 3.05) is 6.54 Å². The molecular formula is C11H17N3O2. The van der Waals surface area contributed by atoms with Crippen LogP contribution in [0.3, 0.4) is 0 Å². The van der Waals surface area contributed by atoms with E-state index in [1.807, 2.05) is 6.92 Å². The van der Waals surface area contributed by atoms with E-state index in [0.29, 0.717) is 6.54 Å². The third-order valence-corrected chi connectivity index (χ3v) is 2.35. The SMILES string of the molecule is CCC(N)CNC(=O)c1c[nH]c(C)cc1=O. The number of carbonyl (C=O) groups excluding carboxylic acids is 1. The summed E-state index contributed by atoms with van der Waals surface area (Å²) in [5.74, 6) is -0.384. The summed E-state index contributed by atoms with van der Waals surface area (Å²) in [6.45, 7) is 4.08. The van der Waals surface area contributed by atoms with Gasteiger partial charge < -0.3 is 16.0 Å². The van der Waals surface area contributed by atoms with E-state index >= 15 is 0 Å². The fourth-order valence-electron chi connectivity index (χ4n) is 1.21. The van der Waals surface area contributed by atoms with Gasteiger partial charge in [-0.05, 0) is 13.3 Å². The molecule has 0 saturated heterocycles. The Morgan fingerprint density at radius 2 is 2.31 bits per heavy atom. The fourth-order valence-corrected chi connectivity index (χ4v) is 1.21. The van der Waals surface area contributed by atoms with Gasteiger partial charge in [0.1, 0.15) is 5.56 Å². The quantitative estimate of drug-likeness (QED) is 0.679. The molecule has 4 N–H and O–H groups in total. The van der Waals surface area contributed by atoms with E-state index in [0.717, 1.165) is 12.1 Å². The van der Waals surface area contributed by atoms with Crippen molar-refractivity contribution >= 4 is 5.91 Å². The van der Waals surface area contributed by atoms with Gasteiger partial charge in [-0.25, -0.2) is 0 Å². The first-order valence-electron chi connectivity index (χ1n) is 5.27. The summed E-state index contributed by atoms with van der Waals surface area (Å²) < 4.78 is 0. The average molecular weight is 223 g/mol. The molecule has 0 spiro atoms.